The van der Waals surface area contributed by atoms with Crippen LogP contribution in [0.25, 0.3) is 0 Å². The molecule has 1 saturated heterocycles. The van der Waals surface area contributed by atoms with E-state index in [1.807, 2.05) is 89.5 Å². The first-order valence-corrected chi connectivity index (χ1v) is 10.4. The smallest absolute Gasteiger partial charge is 0.234 e. The van der Waals surface area contributed by atoms with E-state index in [-0.39, 0.29) is 11.8 Å². The number of hydrogen-bond acceptors (Lipinski definition) is 3. The molecule has 0 bridgehead atoms. The molecule has 1 aliphatic rings. The first kappa shape index (κ1) is 17.9. The van der Waals surface area contributed by atoms with Crippen molar-refractivity contribution in [3.63, 3.8) is 0 Å². The van der Waals surface area contributed by atoms with Crippen molar-refractivity contribution in [2.75, 3.05) is 18.8 Å². The molecule has 3 nitrogen and oxygen atoms in total. The van der Waals surface area contributed by atoms with Gasteiger partial charge in [0.15, 0.2) is 0 Å². The number of hydrogen-bond donors (Lipinski definition) is 0. The predicted octanol–water partition coefficient (Wildman–Crippen LogP) is 5.12. The van der Waals surface area contributed by atoms with Gasteiger partial charge in [0.25, 0.3) is 0 Å². The maximum atomic E-state index is 13.5. The summed E-state index contributed by atoms with van der Waals surface area (Å²) < 4.78 is 5.59. The van der Waals surface area contributed by atoms with Gasteiger partial charge in [-0.2, -0.15) is 0 Å². The van der Waals surface area contributed by atoms with Crippen LogP contribution in [-0.4, -0.2) is 29.6 Å². The van der Waals surface area contributed by atoms with Crippen LogP contribution in [0.1, 0.15) is 34.5 Å². The second-order valence-corrected chi connectivity index (χ2v) is 8.05. The summed E-state index contributed by atoms with van der Waals surface area (Å²) in [6, 6.07) is 24.2. The number of nitrogens with zero attached hydrogens (tertiary/aromatic N) is 1. The topological polar surface area (TPSA) is 33.5 Å². The quantitative estimate of drug-likeness (QED) is 0.633. The molecule has 4 heteroatoms. The van der Waals surface area contributed by atoms with Crippen LogP contribution in [0.15, 0.2) is 83.5 Å². The minimum Gasteiger partial charge on any atom is -0.468 e. The largest absolute Gasteiger partial charge is 0.468 e. The lowest BCUT2D eigenvalue weighted by atomic mass is 9.90. The Morgan fingerprint density at radius 2 is 1.59 bits per heavy atom. The zero-order valence-corrected chi connectivity index (χ0v) is 16.0. The van der Waals surface area contributed by atoms with Gasteiger partial charge in [-0.05, 0) is 29.7 Å². The van der Waals surface area contributed by atoms with E-state index in [0.29, 0.717) is 5.25 Å². The van der Waals surface area contributed by atoms with Gasteiger partial charge in [-0.15, -0.1) is 11.8 Å². The van der Waals surface area contributed by atoms with Crippen LogP contribution in [-0.2, 0) is 4.79 Å². The molecule has 0 spiro atoms. The highest BCUT2D eigenvalue weighted by Gasteiger charge is 2.30. The molecule has 0 saturated carbocycles. The summed E-state index contributed by atoms with van der Waals surface area (Å²) in [6.07, 6.45) is 2.64. The summed E-state index contributed by atoms with van der Waals surface area (Å²) >= 11 is 1.88. The third-order valence-electron chi connectivity index (χ3n) is 5.03. The third kappa shape index (κ3) is 4.11. The highest BCUT2D eigenvalue weighted by molar-refractivity contribution is 7.99. The van der Waals surface area contributed by atoms with E-state index in [1.165, 1.54) is 0 Å². The van der Waals surface area contributed by atoms with E-state index in [4.69, 9.17) is 4.42 Å². The van der Waals surface area contributed by atoms with Crippen molar-refractivity contribution >= 4 is 17.7 Å². The molecule has 1 fully saturated rings. The van der Waals surface area contributed by atoms with Crippen LogP contribution in [0.3, 0.4) is 0 Å². The van der Waals surface area contributed by atoms with Gasteiger partial charge in [0, 0.05) is 18.8 Å². The molecular weight excluding hydrogens is 354 g/mol. The molecule has 1 amide bonds. The Bertz CT molecular complexity index is 809. The van der Waals surface area contributed by atoms with Crippen LogP contribution in [0.4, 0.5) is 0 Å². The number of thioether (sulfide) groups is 1. The van der Waals surface area contributed by atoms with Gasteiger partial charge in [-0.3, -0.25) is 4.79 Å². The Morgan fingerprint density at radius 1 is 0.926 bits per heavy atom. The monoisotopic (exact) mass is 377 g/mol. The summed E-state index contributed by atoms with van der Waals surface area (Å²) in [5, 5.41) is 0.324. The van der Waals surface area contributed by atoms with E-state index in [0.717, 1.165) is 42.2 Å². The van der Waals surface area contributed by atoms with Crippen LogP contribution in [0, 0.1) is 0 Å². The predicted molar refractivity (Wildman–Crippen MR) is 110 cm³/mol. The number of rotatable bonds is 4. The van der Waals surface area contributed by atoms with Crippen molar-refractivity contribution < 1.29 is 9.21 Å². The average Bonchev–Trinajstić information content (AvgIpc) is 3.14. The summed E-state index contributed by atoms with van der Waals surface area (Å²) in [7, 11) is 0. The number of benzene rings is 2. The minimum absolute atomic E-state index is 0.188. The SMILES string of the molecule is O=C(C(c1ccccc1)c1ccccc1)N1CCSC(c2ccco2)CC1. The van der Waals surface area contributed by atoms with Crippen molar-refractivity contribution in [1.29, 1.82) is 0 Å². The number of carbonyl (C=O) groups is 1. The molecule has 0 aliphatic carbocycles. The van der Waals surface area contributed by atoms with Gasteiger partial charge in [0.2, 0.25) is 5.91 Å². The number of carbonyl (C=O) groups excluding carboxylic acids is 1. The molecule has 0 radical (unpaired) electrons. The molecule has 1 unspecified atom stereocenters. The summed E-state index contributed by atoms with van der Waals surface area (Å²) in [5.41, 5.74) is 2.10. The van der Waals surface area contributed by atoms with Gasteiger partial charge in [-0.25, -0.2) is 0 Å². The van der Waals surface area contributed by atoms with Crippen LogP contribution < -0.4 is 0 Å². The fourth-order valence-electron chi connectivity index (χ4n) is 3.64. The van der Waals surface area contributed by atoms with E-state index in [1.54, 1.807) is 6.26 Å². The van der Waals surface area contributed by atoms with Gasteiger partial charge < -0.3 is 9.32 Å². The van der Waals surface area contributed by atoms with Crippen molar-refractivity contribution in [2.45, 2.75) is 17.6 Å². The Balaban J connectivity index is 1.56. The number of furan rings is 1. The lowest BCUT2D eigenvalue weighted by molar-refractivity contribution is -0.131. The highest BCUT2D eigenvalue weighted by Crippen LogP contribution is 2.36. The van der Waals surface area contributed by atoms with Gasteiger partial charge >= 0.3 is 0 Å². The molecule has 1 atom stereocenters. The molecule has 2 aromatic carbocycles. The Kier molecular flexibility index (Phi) is 5.64. The van der Waals surface area contributed by atoms with Crippen molar-refractivity contribution in [3.8, 4) is 0 Å². The standard InChI is InChI=1S/C23H23NO2S/c25-23(24-14-13-21(27-17-15-24)20-12-7-16-26-20)22(18-8-3-1-4-9-18)19-10-5-2-6-11-19/h1-12,16,21-22H,13-15,17H2. The lowest BCUT2D eigenvalue weighted by Crippen LogP contribution is -2.37. The second-order valence-electron chi connectivity index (χ2n) is 6.74. The Labute approximate surface area is 164 Å². The molecule has 138 valence electrons. The number of amides is 1. The zero-order valence-electron chi connectivity index (χ0n) is 15.2. The van der Waals surface area contributed by atoms with Crippen molar-refractivity contribution in [2.24, 2.45) is 0 Å². The van der Waals surface area contributed by atoms with Gasteiger partial charge in [0.05, 0.1) is 17.4 Å². The average molecular weight is 378 g/mol. The van der Waals surface area contributed by atoms with Gasteiger partial charge in [-0.1, -0.05) is 60.7 Å². The molecular formula is C23H23NO2S. The van der Waals surface area contributed by atoms with Crippen molar-refractivity contribution in [3.05, 3.63) is 95.9 Å². The Hall–Kier alpha value is -2.46. The molecule has 27 heavy (non-hydrogen) atoms. The van der Waals surface area contributed by atoms with Gasteiger partial charge in [0.1, 0.15) is 5.76 Å². The highest BCUT2D eigenvalue weighted by atomic mass is 32.2. The molecule has 4 rings (SSSR count). The third-order valence-corrected chi connectivity index (χ3v) is 6.32. The van der Waals surface area contributed by atoms with Crippen molar-refractivity contribution in [1.82, 2.24) is 4.90 Å². The normalized spacial score (nSPS) is 17.7. The van der Waals surface area contributed by atoms with Crippen LogP contribution >= 0.6 is 11.8 Å². The summed E-state index contributed by atoms with van der Waals surface area (Å²) in [5.74, 6) is 1.87. The van der Waals surface area contributed by atoms with Crippen LogP contribution in [0.5, 0.6) is 0 Å². The summed E-state index contributed by atoms with van der Waals surface area (Å²) in [4.78, 5) is 15.6. The molecule has 1 aliphatic heterocycles. The minimum atomic E-state index is -0.252. The maximum Gasteiger partial charge on any atom is 0.234 e. The molecule has 1 aromatic heterocycles. The molecule has 2 heterocycles. The fourth-order valence-corrected chi connectivity index (χ4v) is 4.82. The first-order valence-electron chi connectivity index (χ1n) is 9.36. The molecule has 3 aromatic rings. The lowest BCUT2D eigenvalue weighted by Gasteiger charge is -2.26. The maximum absolute atomic E-state index is 13.5. The second kappa shape index (κ2) is 8.49. The fraction of sp³-hybridized carbons (Fsp3) is 0.261. The van der Waals surface area contributed by atoms with E-state index < -0.39 is 0 Å². The van der Waals surface area contributed by atoms with Crippen LogP contribution in [0.2, 0.25) is 0 Å². The first-order chi connectivity index (χ1) is 13.3. The zero-order chi connectivity index (χ0) is 18.5. The van der Waals surface area contributed by atoms with E-state index in [9.17, 15) is 4.79 Å². The van der Waals surface area contributed by atoms with E-state index in [2.05, 4.69) is 0 Å². The van der Waals surface area contributed by atoms with E-state index >= 15 is 0 Å². The molecule has 0 N–H and O–H groups in total. The Morgan fingerprint density at radius 3 is 2.19 bits per heavy atom. The summed E-state index contributed by atoms with van der Waals surface area (Å²) in [6.45, 7) is 1.53.